The van der Waals surface area contributed by atoms with Gasteiger partial charge in [0.25, 0.3) is 0 Å². The third-order valence-electron chi connectivity index (χ3n) is 5.50. The molecule has 3 aromatic carbocycles. The first-order chi connectivity index (χ1) is 17.4. The Kier molecular flexibility index (Phi) is 10.3. The highest BCUT2D eigenvalue weighted by Crippen LogP contribution is 2.14. The molecule has 0 spiro atoms. The average molecular weight is 505 g/mol. The molecule has 0 saturated carbocycles. The number of rotatable bonds is 13. The number of benzene rings is 3. The van der Waals surface area contributed by atoms with Crippen molar-refractivity contribution in [1.82, 2.24) is 15.4 Å². The summed E-state index contributed by atoms with van der Waals surface area (Å²) in [7, 11) is 0. The molecule has 1 atom stereocenters. The molecule has 9 heteroatoms. The number of nitrogens with two attached hydrogens (primary N) is 2. The number of aryl methyl sites for hydroxylation is 1. The predicted molar refractivity (Wildman–Crippen MR) is 146 cm³/mol. The highest BCUT2D eigenvalue weighted by Gasteiger charge is 2.19. The van der Waals surface area contributed by atoms with Crippen LogP contribution in [0.2, 0.25) is 0 Å². The van der Waals surface area contributed by atoms with E-state index in [0.29, 0.717) is 30.0 Å². The quantitative estimate of drug-likeness (QED) is 0.0913. The van der Waals surface area contributed by atoms with Crippen LogP contribution < -0.4 is 26.8 Å². The fraction of sp³-hybridized carbons (Fsp3) is 0.222. The van der Waals surface area contributed by atoms with Gasteiger partial charge in [-0.05, 0) is 41.7 Å². The van der Waals surface area contributed by atoms with Crippen molar-refractivity contribution in [3.05, 3.63) is 101 Å². The predicted octanol–water partition coefficient (Wildman–Crippen LogP) is 2.72. The smallest absolute Gasteiger partial charge is 0.239 e. The van der Waals surface area contributed by atoms with Gasteiger partial charge in [0.05, 0.1) is 12.6 Å². The second kappa shape index (κ2) is 13.9. The molecular weight excluding hydrogens is 472 g/mol. The van der Waals surface area contributed by atoms with E-state index >= 15 is 0 Å². The van der Waals surface area contributed by atoms with Gasteiger partial charge in [-0.3, -0.25) is 19.7 Å². The highest BCUT2D eigenvalue weighted by molar-refractivity contribution is 7.96. The first-order valence-corrected chi connectivity index (χ1v) is 12.6. The average Bonchev–Trinajstić information content (AvgIpc) is 2.90. The topological polar surface area (TPSA) is 146 Å². The van der Waals surface area contributed by atoms with Crippen molar-refractivity contribution >= 4 is 35.3 Å². The van der Waals surface area contributed by atoms with Crippen molar-refractivity contribution in [3.8, 4) is 0 Å². The minimum atomic E-state index is -0.462. The van der Waals surface area contributed by atoms with E-state index in [0.717, 1.165) is 23.1 Å². The molecule has 2 amide bonds. The van der Waals surface area contributed by atoms with Crippen LogP contribution in [-0.4, -0.2) is 30.2 Å². The van der Waals surface area contributed by atoms with E-state index in [1.54, 1.807) is 24.3 Å². The summed E-state index contributed by atoms with van der Waals surface area (Å²) < 4.78 is 3.26. The number of amides is 2. The van der Waals surface area contributed by atoms with Crippen LogP contribution in [0, 0.1) is 5.41 Å². The Morgan fingerprint density at radius 2 is 1.53 bits per heavy atom. The number of nitrogens with one attached hydrogen (secondary N) is 4. The van der Waals surface area contributed by atoms with Gasteiger partial charge in [-0.15, -0.1) is 0 Å². The normalized spacial score (nSPS) is 11.4. The highest BCUT2D eigenvalue weighted by atomic mass is 32.2. The Morgan fingerprint density at radius 1 is 0.861 bits per heavy atom. The van der Waals surface area contributed by atoms with Crippen LogP contribution in [0.3, 0.4) is 0 Å². The van der Waals surface area contributed by atoms with Gasteiger partial charge >= 0.3 is 0 Å². The molecule has 0 aliphatic carbocycles. The molecule has 8 nitrogen and oxygen atoms in total. The van der Waals surface area contributed by atoms with Crippen LogP contribution in [0.4, 0.5) is 5.69 Å². The lowest BCUT2D eigenvalue weighted by Gasteiger charge is -2.18. The molecule has 0 heterocycles. The third kappa shape index (κ3) is 9.09. The molecule has 3 rings (SSSR count). The van der Waals surface area contributed by atoms with Crippen molar-refractivity contribution in [2.24, 2.45) is 5.73 Å². The second-order valence-electron chi connectivity index (χ2n) is 8.33. The van der Waals surface area contributed by atoms with E-state index < -0.39 is 6.04 Å². The van der Waals surface area contributed by atoms with Gasteiger partial charge in [0.15, 0.2) is 0 Å². The monoisotopic (exact) mass is 504 g/mol. The third-order valence-corrected chi connectivity index (χ3v) is 6.43. The van der Waals surface area contributed by atoms with Crippen LogP contribution in [0.1, 0.15) is 28.7 Å². The zero-order valence-corrected chi connectivity index (χ0v) is 20.8. The molecule has 188 valence electrons. The molecule has 0 fully saturated rings. The van der Waals surface area contributed by atoms with E-state index in [2.05, 4.69) is 15.4 Å². The Balaban J connectivity index is 1.48. The van der Waals surface area contributed by atoms with Gasteiger partial charge in [-0.25, -0.2) is 0 Å². The molecule has 0 aromatic heterocycles. The Morgan fingerprint density at radius 3 is 2.19 bits per heavy atom. The van der Waals surface area contributed by atoms with Gasteiger partial charge in [0.2, 0.25) is 11.8 Å². The maximum Gasteiger partial charge on any atom is 0.239 e. The SMILES string of the molecule is N=C(N)c1ccc(CNC(=O)CNC(=O)C(CCc2ccccc2)NSCc2ccc(N)cc2)cc1. The summed E-state index contributed by atoms with van der Waals surface area (Å²) in [6.07, 6.45) is 1.32. The molecule has 3 aromatic rings. The maximum absolute atomic E-state index is 12.9. The van der Waals surface area contributed by atoms with Crippen molar-refractivity contribution in [2.75, 3.05) is 12.3 Å². The molecular formula is C27H32N6O2S. The maximum atomic E-state index is 12.9. The molecule has 1 unspecified atom stereocenters. The molecule has 0 saturated heterocycles. The zero-order chi connectivity index (χ0) is 25.8. The lowest BCUT2D eigenvalue weighted by molar-refractivity contribution is -0.127. The van der Waals surface area contributed by atoms with Crippen molar-refractivity contribution in [1.29, 1.82) is 5.41 Å². The Hall–Kier alpha value is -3.82. The summed E-state index contributed by atoms with van der Waals surface area (Å²) in [4.78, 5) is 25.2. The number of carbonyl (C=O) groups excluding carboxylic acids is 2. The van der Waals surface area contributed by atoms with Gasteiger partial charge in [-0.1, -0.05) is 78.7 Å². The number of nitrogen functional groups attached to an aromatic ring is 2. The van der Waals surface area contributed by atoms with Crippen LogP contribution in [0.15, 0.2) is 78.9 Å². The summed E-state index contributed by atoms with van der Waals surface area (Å²) in [5.74, 6) is 0.167. The molecule has 36 heavy (non-hydrogen) atoms. The first kappa shape index (κ1) is 26.8. The second-order valence-corrected chi connectivity index (χ2v) is 9.14. The van der Waals surface area contributed by atoms with Crippen LogP contribution >= 0.6 is 11.9 Å². The van der Waals surface area contributed by atoms with Crippen molar-refractivity contribution in [2.45, 2.75) is 31.2 Å². The minimum Gasteiger partial charge on any atom is -0.399 e. The summed E-state index contributed by atoms with van der Waals surface area (Å²) in [5, 5.41) is 13.0. The summed E-state index contributed by atoms with van der Waals surface area (Å²) in [6, 6.07) is 24.2. The van der Waals surface area contributed by atoms with Gasteiger partial charge < -0.3 is 22.1 Å². The minimum absolute atomic E-state index is 0.00430. The fourth-order valence-electron chi connectivity index (χ4n) is 3.39. The van der Waals surface area contributed by atoms with E-state index in [1.807, 2.05) is 54.6 Å². The van der Waals surface area contributed by atoms with Crippen LogP contribution in [-0.2, 0) is 28.3 Å². The van der Waals surface area contributed by atoms with Crippen molar-refractivity contribution < 1.29 is 9.59 Å². The standard InChI is InChI=1S/C27H32N6O2S/c28-23-13-8-21(9-14-23)18-36-33-24(15-10-19-4-2-1-3-5-19)27(35)32-17-25(34)31-16-20-6-11-22(12-7-20)26(29)30/h1-9,11-14,24,33H,10,15-18,28H2,(H3,29,30)(H,31,34)(H,32,35). The van der Waals surface area contributed by atoms with E-state index in [1.165, 1.54) is 11.9 Å². The molecule has 8 N–H and O–H groups in total. The number of hydrogen-bond donors (Lipinski definition) is 6. The van der Waals surface area contributed by atoms with Crippen molar-refractivity contribution in [3.63, 3.8) is 0 Å². The van der Waals surface area contributed by atoms with Crippen LogP contribution in [0.5, 0.6) is 0 Å². The number of carbonyl (C=O) groups is 2. The molecule has 0 bridgehead atoms. The van der Waals surface area contributed by atoms with Gasteiger partial charge in [0, 0.05) is 23.5 Å². The van der Waals surface area contributed by atoms with Gasteiger partial charge in [-0.2, -0.15) is 0 Å². The fourth-order valence-corrected chi connectivity index (χ4v) is 4.26. The van der Waals surface area contributed by atoms with E-state index in [4.69, 9.17) is 16.9 Å². The lowest BCUT2D eigenvalue weighted by Crippen LogP contribution is -2.45. The number of amidine groups is 1. The summed E-state index contributed by atoms with van der Waals surface area (Å²) in [6.45, 7) is 0.205. The zero-order valence-electron chi connectivity index (χ0n) is 20.0. The summed E-state index contributed by atoms with van der Waals surface area (Å²) >= 11 is 1.45. The Bertz CT molecular complexity index is 1140. The molecule has 0 aliphatic heterocycles. The largest absolute Gasteiger partial charge is 0.399 e. The molecule has 0 radical (unpaired) electrons. The Labute approximate surface area is 215 Å². The van der Waals surface area contributed by atoms with E-state index in [-0.39, 0.29) is 24.2 Å². The molecule has 0 aliphatic rings. The van der Waals surface area contributed by atoms with E-state index in [9.17, 15) is 9.59 Å². The van der Waals surface area contributed by atoms with Gasteiger partial charge in [0.1, 0.15) is 5.84 Å². The lowest BCUT2D eigenvalue weighted by atomic mass is 10.1. The number of hydrogen-bond acceptors (Lipinski definition) is 6. The summed E-state index contributed by atoms with van der Waals surface area (Å²) in [5.41, 5.74) is 15.7. The van der Waals surface area contributed by atoms with Crippen LogP contribution in [0.25, 0.3) is 0 Å². The first-order valence-electron chi connectivity index (χ1n) is 11.6. The number of anilines is 1.